The van der Waals surface area contributed by atoms with E-state index in [2.05, 4.69) is 5.32 Å². The number of non-ortho nitro benzene ring substituents is 1. The van der Waals surface area contributed by atoms with Crippen molar-refractivity contribution in [1.29, 1.82) is 0 Å². The van der Waals surface area contributed by atoms with Crippen molar-refractivity contribution in [3.63, 3.8) is 0 Å². The van der Waals surface area contributed by atoms with Crippen LogP contribution >= 0.6 is 0 Å². The lowest BCUT2D eigenvalue weighted by Crippen LogP contribution is -2.39. The summed E-state index contributed by atoms with van der Waals surface area (Å²) < 4.78 is 5.31. The molecule has 2 atom stereocenters. The fraction of sp³-hybridized carbons (Fsp3) is 0.385. The third kappa shape index (κ3) is 3.34. The first-order valence-electron chi connectivity index (χ1n) is 6.33. The SMILES string of the molecule is CC1OCCC1NC(=O)c1cc(C(=O)O)cc([N+](=O)[O-])c1. The van der Waals surface area contributed by atoms with E-state index in [0.717, 1.165) is 18.2 Å². The van der Waals surface area contributed by atoms with Crippen LogP contribution in [0, 0.1) is 10.1 Å². The van der Waals surface area contributed by atoms with Crippen LogP contribution in [-0.4, -0.2) is 40.7 Å². The van der Waals surface area contributed by atoms with Gasteiger partial charge in [0.2, 0.25) is 0 Å². The van der Waals surface area contributed by atoms with E-state index in [-0.39, 0.29) is 23.3 Å². The van der Waals surface area contributed by atoms with Gasteiger partial charge < -0.3 is 15.2 Å². The van der Waals surface area contributed by atoms with Crippen molar-refractivity contribution in [3.05, 3.63) is 39.4 Å². The third-order valence-corrected chi connectivity index (χ3v) is 3.33. The number of carbonyl (C=O) groups is 2. The number of carbonyl (C=O) groups excluding carboxylic acids is 1. The van der Waals surface area contributed by atoms with Gasteiger partial charge in [0.05, 0.1) is 22.6 Å². The molecular formula is C13H14N2O6. The van der Waals surface area contributed by atoms with Crippen molar-refractivity contribution in [2.24, 2.45) is 0 Å². The van der Waals surface area contributed by atoms with Gasteiger partial charge in [-0.05, 0) is 19.4 Å². The number of hydrogen-bond acceptors (Lipinski definition) is 5. The number of carboxylic acid groups (broad SMARTS) is 1. The van der Waals surface area contributed by atoms with E-state index in [1.807, 2.05) is 6.92 Å². The van der Waals surface area contributed by atoms with Crippen LogP contribution in [0.5, 0.6) is 0 Å². The number of amides is 1. The van der Waals surface area contributed by atoms with Crippen molar-refractivity contribution in [3.8, 4) is 0 Å². The minimum atomic E-state index is -1.33. The first-order valence-corrected chi connectivity index (χ1v) is 6.33. The molecule has 112 valence electrons. The molecule has 0 spiro atoms. The maximum Gasteiger partial charge on any atom is 0.335 e. The molecule has 1 saturated heterocycles. The number of nitrogens with zero attached hydrogens (tertiary/aromatic N) is 1. The van der Waals surface area contributed by atoms with Crippen LogP contribution in [0.15, 0.2) is 18.2 Å². The van der Waals surface area contributed by atoms with Gasteiger partial charge in [0.15, 0.2) is 0 Å². The summed E-state index contributed by atoms with van der Waals surface area (Å²) in [5, 5.41) is 22.5. The van der Waals surface area contributed by atoms with Crippen molar-refractivity contribution in [2.75, 3.05) is 6.61 Å². The molecule has 1 amide bonds. The molecule has 21 heavy (non-hydrogen) atoms. The minimum absolute atomic E-state index is 0.0549. The standard InChI is InChI=1S/C13H14N2O6/c1-7-11(2-3-21-7)14-12(16)8-4-9(13(17)18)6-10(5-8)15(19)20/h4-7,11H,2-3H2,1H3,(H,14,16)(H,17,18). The number of nitro benzene ring substituents is 1. The van der Waals surface area contributed by atoms with Crippen LogP contribution in [0.2, 0.25) is 0 Å². The minimum Gasteiger partial charge on any atom is -0.478 e. The molecule has 8 heteroatoms. The molecule has 8 nitrogen and oxygen atoms in total. The highest BCUT2D eigenvalue weighted by atomic mass is 16.6. The first-order chi connectivity index (χ1) is 9.88. The number of nitro groups is 1. The summed E-state index contributed by atoms with van der Waals surface area (Å²) in [7, 11) is 0. The summed E-state index contributed by atoms with van der Waals surface area (Å²) >= 11 is 0. The fourth-order valence-corrected chi connectivity index (χ4v) is 2.14. The van der Waals surface area contributed by atoms with E-state index in [9.17, 15) is 19.7 Å². The number of nitrogens with one attached hydrogen (secondary N) is 1. The Labute approximate surface area is 119 Å². The van der Waals surface area contributed by atoms with Crippen LogP contribution in [0.25, 0.3) is 0 Å². The molecule has 1 aliphatic heterocycles. The summed E-state index contributed by atoms with van der Waals surface area (Å²) in [6.07, 6.45) is 0.500. The van der Waals surface area contributed by atoms with Gasteiger partial charge in [0.25, 0.3) is 11.6 Å². The topological polar surface area (TPSA) is 119 Å². The lowest BCUT2D eigenvalue weighted by Gasteiger charge is -2.16. The Kier molecular flexibility index (Phi) is 4.18. The average molecular weight is 294 g/mol. The Morgan fingerprint density at radius 1 is 1.38 bits per heavy atom. The Hall–Kier alpha value is -2.48. The summed E-state index contributed by atoms with van der Waals surface area (Å²) in [4.78, 5) is 33.2. The van der Waals surface area contributed by atoms with Gasteiger partial charge in [-0.25, -0.2) is 4.79 Å². The highest BCUT2D eigenvalue weighted by Crippen LogP contribution is 2.19. The molecule has 1 heterocycles. The largest absolute Gasteiger partial charge is 0.478 e. The van der Waals surface area contributed by atoms with Gasteiger partial charge >= 0.3 is 5.97 Å². The molecule has 1 fully saturated rings. The number of carboxylic acids is 1. The number of rotatable bonds is 4. The molecule has 0 aliphatic carbocycles. The van der Waals surface area contributed by atoms with E-state index in [1.165, 1.54) is 0 Å². The number of aromatic carboxylic acids is 1. The second-order valence-electron chi connectivity index (χ2n) is 4.78. The molecule has 0 saturated carbocycles. The van der Waals surface area contributed by atoms with Crippen molar-refractivity contribution in [2.45, 2.75) is 25.5 Å². The maximum absolute atomic E-state index is 12.1. The first kappa shape index (κ1) is 14.9. The molecule has 2 rings (SSSR count). The summed E-state index contributed by atoms with van der Waals surface area (Å²) in [5.41, 5.74) is -0.790. The highest BCUT2D eigenvalue weighted by molar-refractivity contribution is 5.98. The highest BCUT2D eigenvalue weighted by Gasteiger charge is 2.27. The molecule has 1 aromatic rings. The monoisotopic (exact) mass is 294 g/mol. The molecule has 0 bridgehead atoms. The number of benzene rings is 1. The van der Waals surface area contributed by atoms with Gasteiger partial charge in [-0.1, -0.05) is 0 Å². The average Bonchev–Trinajstić information content (AvgIpc) is 2.83. The van der Waals surface area contributed by atoms with E-state index in [1.54, 1.807) is 0 Å². The van der Waals surface area contributed by atoms with E-state index < -0.39 is 22.5 Å². The zero-order valence-electron chi connectivity index (χ0n) is 11.2. The second kappa shape index (κ2) is 5.88. The van der Waals surface area contributed by atoms with Crippen LogP contribution in [0.3, 0.4) is 0 Å². The molecule has 2 unspecified atom stereocenters. The van der Waals surface area contributed by atoms with Crippen molar-refractivity contribution >= 4 is 17.6 Å². The van der Waals surface area contributed by atoms with Crippen LogP contribution < -0.4 is 5.32 Å². The zero-order chi connectivity index (χ0) is 15.6. The molecule has 1 aliphatic rings. The number of ether oxygens (including phenoxy) is 1. The lowest BCUT2D eigenvalue weighted by atomic mass is 10.1. The Balaban J connectivity index is 2.27. The van der Waals surface area contributed by atoms with Gasteiger partial charge in [-0.3, -0.25) is 14.9 Å². The van der Waals surface area contributed by atoms with Crippen LogP contribution in [0.4, 0.5) is 5.69 Å². The van der Waals surface area contributed by atoms with Crippen LogP contribution in [-0.2, 0) is 4.74 Å². The maximum atomic E-state index is 12.1. The molecule has 0 radical (unpaired) electrons. The van der Waals surface area contributed by atoms with Gasteiger partial charge in [-0.15, -0.1) is 0 Å². The Morgan fingerprint density at radius 3 is 2.57 bits per heavy atom. The summed E-state index contributed by atoms with van der Waals surface area (Å²) in [6, 6.07) is 2.90. The van der Waals surface area contributed by atoms with Gasteiger partial charge in [-0.2, -0.15) is 0 Å². The van der Waals surface area contributed by atoms with Gasteiger partial charge in [0, 0.05) is 24.3 Å². The van der Waals surface area contributed by atoms with E-state index >= 15 is 0 Å². The molecular weight excluding hydrogens is 280 g/mol. The Bertz CT molecular complexity index is 568. The quantitative estimate of drug-likeness (QED) is 0.636. The van der Waals surface area contributed by atoms with Gasteiger partial charge in [0.1, 0.15) is 0 Å². The number of hydrogen-bond donors (Lipinski definition) is 2. The van der Waals surface area contributed by atoms with Crippen molar-refractivity contribution in [1.82, 2.24) is 5.32 Å². The Morgan fingerprint density at radius 2 is 2.05 bits per heavy atom. The summed E-state index contributed by atoms with van der Waals surface area (Å²) in [5.74, 6) is -1.88. The summed E-state index contributed by atoms with van der Waals surface area (Å²) in [6.45, 7) is 2.34. The van der Waals surface area contributed by atoms with Crippen molar-refractivity contribution < 1.29 is 24.4 Å². The van der Waals surface area contributed by atoms with E-state index in [4.69, 9.17) is 9.84 Å². The predicted octanol–water partition coefficient (Wildman–Crippen LogP) is 1.20. The second-order valence-corrected chi connectivity index (χ2v) is 4.78. The van der Waals surface area contributed by atoms with Crippen LogP contribution in [0.1, 0.15) is 34.1 Å². The molecule has 2 N–H and O–H groups in total. The normalized spacial score (nSPS) is 21.0. The molecule has 1 aromatic carbocycles. The van der Waals surface area contributed by atoms with E-state index in [0.29, 0.717) is 13.0 Å². The third-order valence-electron chi connectivity index (χ3n) is 3.33. The fourth-order valence-electron chi connectivity index (χ4n) is 2.14. The lowest BCUT2D eigenvalue weighted by molar-refractivity contribution is -0.384. The smallest absolute Gasteiger partial charge is 0.335 e. The molecule has 0 aromatic heterocycles. The zero-order valence-corrected chi connectivity index (χ0v) is 11.2. The predicted molar refractivity (Wildman–Crippen MR) is 71.3 cm³/mol.